The Balaban J connectivity index is 1.65. The summed E-state index contributed by atoms with van der Waals surface area (Å²) in [5, 5.41) is 10.6. The van der Waals surface area contributed by atoms with Gasteiger partial charge >= 0.3 is 11.2 Å². The highest BCUT2D eigenvalue weighted by Crippen LogP contribution is 2.37. The van der Waals surface area contributed by atoms with Gasteiger partial charge in [0.2, 0.25) is 5.88 Å². The molecule has 3 aromatic rings. The van der Waals surface area contributed by atoms with Gasteiger partial charge in [0.15, 0.2) is 0 Å². The van der Waals surface area contributed by atoms with Gasteiger partial charge in [-0.25, -0.2) is 9.36 Å². The molecule has 180 valence electrons. The SMILES string of the molecule is Cc1c(O)n(-c2ccc(SC(F)(F)F)cc2)c(=O)n1Cc1ccncc1C(=O)N1CCCCC1. The Morgan fingerprint density at radius 1 is 1.12 bits per heavy atom. The van der Waals surface area contributed by atoms with E-state index in [1.165, 1.54) is 41.2 Å². The van der Waals surface area contributed by atoms with E-state index in [1.807, 2.05) is 0 Å². The minimum Gasteiger partial charge on any atom is -0.493 e. The summed E-state index contributed by atoms with van der Waals surface area (Å²) in [6, 6.07) is 6.84. The number of benzene rings is 1. The largest absolute Gasteiger partial charge is 0.493 e. The average molecular weight is 493 g/mol. The molecule has 0 bridgehead atoms. The van der Waals surface area contributed by atoms with E-state index in [0.29, 0.717) is 24.2 Å². The molecule has 7 nitrogen and oxygen atoms in total. The van der Waals surface area contributed by atoms with Crippen LogP contribution in [0.2, 0.25) is 0 Å². The lowest BCUT2D eigenvalue weighted by Gasteiger charge is -2.27. The quantitative estimate of drug-likeness (QED) is 0.536. The van der Waals surface area contributed by atoms with Crippen LogP contribution in [-0.4, -0.2) is 48.6 Å². The number of carbonyl (C=O) groups is 1. The van der Waals surface area contributed by atoms with Crippen LogP contribution in [0.25, 0.3) is 5.69 Å². The maximum absolute atomic E-state index is 13.2. The fourth-order valence-electron chi connectivity index (χ4n) is 4.04. The second-order valence-electron chi connectivity index (χ2n) is 8.04. The van der Waals surface area contributed by atoms with Crippen LogP contribution < -0.4 is 5.69 Å². The highest BCUT2D eigenvalue weighted by molar-refractivity contribution is 8.00. The number of carbonyl (C=O) groups excluding carboxylic acids is 1. The number of imidazole rings is 1. The zero-order chi connectivity index (χ0) is 24.5. The van der Waals surface area contributed by atoms with Gasteiger partial charge in [-0.15, -0.1) is 0 Å². The third kappa shape index (κ3) is 4.98. The topological polar surface area (TPSA) is 80.4 Å². The first-order chi connectivity index (χ1) is 16.2. The third-order valence-corrected chi connectivity index (χ3v) is 6.54. The number of halogens is 3. The van der Waals surface area contributed by atoms with Gasteiger partial charge in [0, 0.05) is 30.4 Å². The number of piperidine rings is 1. The Labute approximate surface area is 197 Å². The van der Waals surface area contributed by atoms with Gasteiger partial charge in [-0.05, 0) is 73.8 Å². The lowest BCUT2D eigenvalue weighted by molar-refractivity contribution is -0.0328. The van der Waals surface area contributed by atoms with E-state index < -0.39 is 11.2 Å². The van der Waals surface area contributed by atoms with Crippen LogP contribution in [0.4, 0.5) is 13.2 Å². The predicted octanol–water partition coefficient (Wildman–Crippen LogP) is 4.33. The summed E-state index contributed by atoms with van der Waals surface area (Å²) in [5.41, 5.74) is -3.50. The molecule has 1 aliphatic heterocycles. The zero-order valence-corrected chi connectivity index (χ0v) is 19.2. The van der Waals surface area contributed by atoms with Crippen molar-refractivity contribution in [2.75, 3.05) is 13.1 Å². The number of hydrogen-bond acceptors (Lipinski definition) is 5. The predicted molar refractivity (Wildman–Crippen MR) is 121 cm³/mol. The zero-order valence-electron chi connectivity index (χ0n) is 18.4. The van der Waals surface area contributed by atoms with Crippen molar-refractivity contribution in [3.05, 3.63) is 70.0 Å². The van der Waals surface area contributed by atoms with E-state index in [9.17, 15) is 27.9 Å². The molecular formula is C23H23F3N4O3S. The first kappa shape index (κ1) is 23.9. The lowest BCUT2D eigenvalue weighted by atomic mass is 10.1. The summed E-state index contributed by atoms with van der Waals surface area (Å²) in [6.45, 7) is 2.94. The minimum absolute atomic E-state index is 0.0300. The fourth-order valence-corrected chi connectivity index (χ4v) is 4.58. The number of hydrogen-bond donors (Lipinski definition) is 1. The third-order valence-electron chi connectivity index (χ3n) is 5.80. The number of amides is 1. The van der Waals surface area contributed by atoms with Crippen molar-refractivity contribution in [2.24, 2.45) is 0 Å². The molecule has 1 fully saturated rings. The minimum atomic E-state index is -4.42. The molecule has 2 aromatic heterocycles. The molecule has 34 heavy (non-hydrogen) atoms. The molecular weight excluding hydrogens is 469 g/mol. The Hall–Kier alpha value is -3.21. The highest BCUT2D eigenvalue weighted by Gasteiger charge is 2.29. The maximum atomic E-state index is 13.2. The van der Waals surface area contributed by atoms with Gasteiger partial charge in [-0.2, -0.15) is 13.2 Å². The molecule has 11 heteroatoms. The van der Waals surface area contributed by atoms with E-state index in [2.05, 4.69) is 4.98 Å². The second-order valence-corrected chi connectivity index (χ2v) is 9.18. The Bertz CT molecular complexity index is 1250. The first-order valence-electron chi connectivity index (χ1n) is 10.7. The van der Waals surface area contributed by atoms with Crippen LogP contribution in [0.5, 0.6) is 5.88 Å². The number of nitrogens with zero attached hydrogens (tertiary/aromatic N) is 4. The Morgan fingerprint density at radius 2 is 1.79 bits per heavy atom. The number of alkyl halides is 3. The van der Waals surface area contributed by atoms with Crippen LogP contribution in [0.15, 0.2) is 52.4 Å². The van der Waals surface area contributed by atoms with Crippen LogP contribution >= 0.6 is 11.8 Å². The van der Waals surface area contributed by atoms with Gasteiger partial charge in [0.25, 0.3) is 5.91 Å². The molecule has 1 amide bonds. The maximum Gasteiger partial charge on any atom is 0.446 e. The van der Waals surface area contributed by atoms with E-state index in [0.717, 1.165) is 23.8 Å². The van der Waals surface area contributed by atoms with Gasteiger partial charge in [0.05, 0.1) is 23.5 Å². The molecule has 0 radical (unpaired) electrons. The molecule has 1 N–H and O–H groups in total. The number of thioether (sulfide) groups is 1. The van der Waals surface area contributed by atoms with Crippen molar-refractivity contribution < 1.29 is 23.1 Å². The fraction of sp³-hybridized carbons (Fsp3) is 0.348. The number of likely N-dealkylation sites (tertiary alicyclic amines) is 1. The van der Waals surface area contributed by atoms with E-state index >= 15 is 0 Å². The van der Waals surface area contributed by atoms with Gasteiger partial charge in [-0.1, -0.05) is 0 Å². The summed E-state index contributed by atoms with van der Waals surface area (Å²) in [7, 11) is 0. The smallest absolute Gasteiger partial charge is 0.446 e. The van der Waals surface area contributed by atoms with Crippen molar-refractivity contribution in [1.82, 2.24) is 19.0 Å². The van der Waals surface area contributed by atoms with Crippen molar-refractivity contribution in [3.63, 3.8) is 0 Å². The normalized spacial score (nSPS) is 14.4. The summed E-state index contributed by atoms with van der Waals surface area (Å²) in [4.78, 5) is 32.1. The number of aromatic nitrogens is 3. The van der Waals surface area contributed by atoms with Gasteiger partial charge < -0.3 is 10.0 Å². The van der Waals surface area contributed by atoms with E-state index in [1.54, 1.807) is 17.9 Å². The molecule has 1 aliphatic rings. The summed E-state index contributed by atoms with van der Waals surface area (Å²) >= 11 is -0.258. The summed E-state index contributed by atoms with van der Waals surface area (Å²) < 4.78 is 40.2. The van der Waals surface area contributed by atoms with Crippen LogP contribution in [0.3, 0.4) is 0 Å². The average Bonchev–Trinajstić information content (AvgIpc) is 3.02. The summed E-state index contributed by atoms with van der Waals surface area (Å²) in [5.74, 6) is -0.464. The highest BCUT2D eigenvalue weighted by atomic mass is 32.2. The van der Waals surface area contributed by atoms with Crippen LogP contribution in [0.1, 0.15) is 40.9 Å². The van der Waals surface area contributed by atoms with Gasteiger partial charge in [-0.3, -0.25) is 14.3 Å². The molecule has 0 spiro atoms. The molecule has 0 unspecified atom stereocenters. The molecule has 0 atom stereocenters. The molecule has 3 heterocycles. The lowest BCUT2D eigenvalue weighted by Crippen LogP contribution is -2.36. The van der Waals surface area contributed by atoms with E-state index in [-0.39, 0.29) is 46.4 Å². The molecule has 1 saturated heterocycles. The molecule has 4 rings (SSSR count). The molecule has 0 aliphatic carbocycles. The second kappa shape index (κ2) is 9.57. The standard InChI is InChI=1S/C23H23F3N4O3S/c1-15-20(31)30(17-5-7-18(8-6-17)34-23(24,25)26)22(33)29(15)14-16-9-10-27-13-19(16)21(32)28-11-3-2-4-12-28/h5-10,13,31H,2-4,11-12,14H2,1H3. The molecule has 0 saturated carbocycles. The summed E-state index contributed by atoms with van der Waals surface area (Å²) in [6.07, 6.45) is 5.99. The van der Waals surface area contributed by atoms with Gasteiger partial charge in [0.1, 0.15) is 0 Å². The monoisotopic (exact) mass is 492 g/mol. The Kier molecular flexibility index (Phi) is 6.74. The van der Waals surface area contributed by atoms with E-state index in [4.69, 9.17) is 0 Å². The van der Waals surface area contributed by atoms with Crippen LogP contribution in [-0.2, 0) is 6.54 Å². The van der Waals surface area contributed by atoms with Crippen molar-refractivity contribution in [2.45, 2.75) is 43.1 Å². The first-order valence-corrected chi connectivity index (χ1v) is 11.6. The number of pyridine rings is 1. The Morgan fingerprint density at radius 3 is 2.44 bits per heavy atom. The number of aromatic hydroxyl groups is 1. The van der Waals surface area contributed by atoms with Crippen molar-refractivity contribution >= 4 is 17.7 Å². The molecule has 1 aromatic carbocycles. The van der Waals surface area contributed by atoms with Crippen molar-refractivity contribution in [3.8, 4) is 11.6 Å². The number of rotatable bonds is 5. The van der Waals surface area contributed by atoms with Crippen LogP contribution in [0, 0.1) is 6.92 Å². The van der Waals surface area contributed by atoms with Crippen molar-refractivity contribution in [1.29, 1.82) is 0 Å².